The van der Waals surface area contributed by atoms with Crippen LogP contribution in [0.2, 0.25) is 0 Å². The number of carbonyl (C=O) groups excluding carboxylic acids is 2. The third-order valence-electron chi connectivity index (χ3n) is 7.43. The summed E-state index contributed by atoms with van der Waals surface area (Å²) in [5, 5.41) is 3.17. The summed E-state index contributed by atoms with van der Waals surface area (Å²) in [6.07, 6.45) is 5.62. The summed E-state index contributed by atoms with van der Waals surface area (Å²) < 4.78 is 28.9. The molecule has 0 aromatic heterocycles. The number of benzene rings is 3. The Morgan fingerprint density at radius 2 is 1.55 bits per heavy atom. The summed E-state index contributed by atoms with van der Waals surface area (Å²) in [5.74, 6) is -0.623. The molecule has 0 bridgehead atoms. The number of nitrogens with zero attached hydrogens (tertiary/aromatic N) is 2. The summed E-state index contributed by atoms with van der Waals surface area (Å²) in [6.45, 7) is 3.53. The predicted octanol–water partition coefficient (Wildman–Crippen LogP) is 5.45. The average Bonchev–Trinajstić information content (AvgIpc) is 2.97. The largest absolute Gasteiger partial charge is 0.352 e. The molecular formula is C32H39N3O4S. The second-order valence-electron chi connectivity index (χ2n) is 10.4. The van der Waals surface area contributed by atoms with Crippen LogP contribution in [0.4, 0.5) is 5.69 Å². The van der Waals surface area contributed by atoms with Gasteiger partial charge in [-0.3, -0.25) is 13.9 Å². The molecule has 0 spiro atoms. The number of hydrogen-bond acceptors (Lipinski definition) is 4. The maximum absolute atomic E-state index is 14.1. The standard InChI is InChI=1S/C32H39N3O4S/c1-3-30(32(37)33-27-17-9-5-10-18-27)34(23-26-15-7-4-8-16-26)31(36)24-35(28-19-13-14-25(2)22-28)40(38,39)29-20-11-6-12-21-29/h4,6-8,11-16,19-22,27,30H,3,5,9-10,17-18,23-24H2,1-2H3,(H,33,37)/t30-/m0/s1. The van der Waals surface area contributed by atoms with Gasteiger partial charge in [0.15, 0.2) is 0 Å². The minimum atomic E-state index is -4.06. The van der Waals surface area contributed by atoms with Crippen molar-refractivity contribution >= 4 is 27.5 Å². The van der Waals surface area contributed by atoms with Crippen LogP contribution in [0.15, 0.2) is 89.8 Å². The Morgan fingerprint density at radius 3 is 2.17 bits per heavy atom. The number of anilines is 1. The molecule has 0 saturated heterocycles. The van der Waals surface area contributed by atoms with Crippen molar-refractivity contribution in [1.82, 2.24) is 10.2 Å². The molecule has 1 aliphatic carbocycles. The Bertz CT molecular complexity index is 1370. The fourth-order valence-electron chi connectivity index (χ4n) is 5.28. The smallest absolute Gasteiger partial charge is 0.264 e. The molecule has 40 heavy (non-hydrogen) atoms. The van der Waals surface area contributed by atoms with Crippen molar-refractivity contribution in [2.45, 2.75) is 75.9 Å². The van der Waals surface area contributed by atoms with Gasteiger partial charge in [0.2, 0.25) is 11.8 Å². The molecule has 0 heterocycles. The summed E-state index contributed by atoms with van der Waals surface area (Å²) in [5.41, 5.74) is 2.14. The highest BCUT2D eigenvalue weighted by molar-refractivity contribution is 7.92. The fourth-order valence-corrected chi connectivity index (χ4v) is 6.70. The molecule has 1 atom stereocenters. The lowest BCUT2D eigenvalue weighted by Gasteiger charge is -2.34. The predicted molar refractivity (Wildman–Crippen MR) is 158 cm³/mol. The molecular weight excluding hydrogens is 522 g/mol. The van der Waals surface area contributed by atoms with Crippen molar-refractivity contribution in [3.63, 3.8) is 0 Å². The lowest BCUT2D eigenvalue weighted by molar-refractivity contribution is -0.140. The zero-order valence-corrected chi connectivity index (χ0v) is 24.1. The SMILES string of the molecule is CC[C@@H](C(=O)NC1CCCCC1)N(Cc1ccccc1)C(=O)CN(c1cccc(C)c1)S(=O)(=O)c1ccccc1. The van der Waals surface area contributed by atoms with E-state index in [1.807, 2.05) is 50.2 Å². The maximum Gasteiger partial charge on any atom is 0.264 e. The van der Waals surface area contributed by atoms with Crippen molar-refractivity contribution in [3.8, 4) is 0 Å². The van der Waals surface area contributed by atoms with Crippen molar-refractivity contribution < 1.29 is 18.0 Å². The fraction of sp³-hybridized carbons (Fsp3) is 0.375. The number of carbonyl (C=O) groups is 2. The summed E-state index contributed by atoms with van der Waals surface area (Å²) in [4.78, 5) is 29.3. The Kier molecular flexibility index (Phi) is 9.98. The highest BCUT2D eigenvalue weighted by atomic mass is 32.2. The van der Waals surface area contributed by atoms with E-state index >= 15 is 0 Å². The van der Waals surface area contributed by atoms with Crippen LogP contribution >= 0.6 is 0 Å². The first-order valence-corrected chi connectivity index (χ1v) is 15.5. The van der Waals surface area contributed by atoms with E-state index in [1.165, 1.54) is 23.5 Å². The van der Waals surface area contributed by atoms with E-state index < -0.39 is 28.5 Å². The Hall–Kier alpha value is -3.65. The van der Waals surface area contributed by atoms with Gasteiger partial charge in [-0.1, -0.05) is 86.8 Å². The monoisotopic (exact) mass is 561 g/mol. The van der Waals surface area contributed by atoms with Crippen LogP contribution in [0.5, 0.6) is 0 Å². The molecule has 0 radical (unpaired) electrons. The van der Waals surface area contributed by atoms with Gasteiger partial charge in [-0.15, -0.1) is 0 Å². The summed E-state index contributed by atoms with van der Waals surface area (Å²) >= 11 is 0. The molecule has 8 heteroatoms. The molecule has 1 saturated carbocycles. The highest BCUT2D eigenvalue weighted by Crippen LogP contribution is 2.26. The van der Waals surface area contributed by atoms with Gasteiger partial charge in [0, 0.05) is 12.6 Å². The van der Waals surface area contributed by atoms with Crippen molar-refractivity contribution in [2.75, 3.05) is 10.8 Å². The molecule has 0 aliphatic heterocycles. The number of nitrogens with one attached hydrogen (secondary N) is 1. The minimum Gasteiger partial charge on any atom is -0.352 e. The van der Waals surface area contributed by atoms with E-state index in [2.05, 4.69) is 5.32 Å². The molecule has 7 nitrogen and oxygen atoms in total. The van der Waals surface area contributed by atoms with E-state index in [4.69, 9.17) is 0 Å². The number of rotatable bonds is 11. The quantitative estimate of drug-likeness (QED) is 0.338. The first kappa shape index (κ1) is 29.3. The van der Waals surface area contributed by atoms with E-state index in [0.29, 0.717) is 12.1 Å². The van der Waals surface area contributed by atoms with Crippen molar-refractivity contribution in [1.29, 1.82) is 0 Å². The topological polar surface area (TPSA) is 86.8 Å². The molecule has 3 aromatic carbocycles. The van der Waals surface area contributed by atoms with Crippen LogP contribution in [0, 0.1) is 6.92 Å². The van der Waals surface area contributed by atoms with Crippen molar-refractivity contribution in [2.24, 2.45) is 0 Å². The number of aryl methyl sites for hydroxylation is 1. The second kappa shape index (κ2) is 13.6. The lowest BCUT2D eigenvalue weighted by Crippen LogP contribution is -2.54. The number of hydrogen-bond donors (Lipinski definition) is 1. The molecule has 2 amide bonds. The van der Waals surface area contributed by atoms with Gasteiger partial charge in [0.1, 0.15) is 12.6 Å². The summed E-state index contributed by atoms with van der Waals surface area (Å²) in [7, 11) is -4.06. The van der Waals surface area contributed by atoms with Gasteiger partial charge in [-0.25, -0.2) is 8.42 Å². The lowest BCUT2D eigenvalue weighted by atomic mass is 9.95. The third-order valence-corrected chi connectivity index (χ3v) is 9.22. The molecule has 212 valence electrons. The molecule has 1 N–H and O–H groups in total. The first-order valence-electron chi connectivity index (χ1n) is 14.1. The highest BCUT2D eigenvalue weighted by Gasteiger charge is 2.34. The van der Waals surface area contributed by atoms with Gasteiger partial charge >= 0.3 is 0 Å². The zero-order valence-electron chi connectivity index (χ0n) is 23.3. The van der Waals surface area contributed by atoms with Crippen molar-refractivity contribution in [3.05, 3.63) is 96.1 Å². The van der Waals surface area contributed by atoms with Gasteiger partial charge in [0.25, 0.3) is 10.0 Å². The van der Waals surface area contributed by atoms with E-state index in [1.54, 1.807) is 36.4 Å². The molecule has 1 aliphatic rings. The van der Waals surface area contributed by atoms with Gasteiger partial charge < -0.3 is 10.2 Å². The van der Waals surface area contributed by atoms with Crippen LogP contribution in [0.3, 0.4) is 0 Å². The number of amides is 2. The normalized spacial score (nSPS) is 14.8. The molecule has 4 rings (SSSR count). The van der Waals surface area contributed by atoms with E-state index in [-0.39, 0.29) is 23.4 Å². The maximum atomic E-state index is 14.1. The third kappa shape index (κ3) is 7.30. The van der Waals surface area contributed by atoms with E-state index in [0.717, 1.165) is 41.1 Å². The zero-order chi connectivity index (χ0) is 28.5. The van der Waals surface area contributed by atoms with Gasteiger partial charge in [-0.05, 0) is 61.6 Å². The second-order valence-corrected chi connectivity index (χ2v) is 12.3. The first-order chi connectivity index (χ1) is 19.3. The van der Waals surface area contributed by atoms with Gasteiger partial charge in [0.05, 0.1) is 10.6 Å². The van der Waals surface area contributed by atoms with Crippen LogP contribution in [0.25, 0.3) is 0 Å². The van der Waals surface area contributed by atoms with Crippen LogP contribution in [-0.2, 0) is 26.2 Å². The minimum absolute atomic E-state index is 0.0981. The Labute approximate surface area is 238 Å². The average molecular weight is 562 g/mol. The Balaban J connectivity index is 1.68. The molecule has 0 unspecified atom stereocenters. The number of sulfonamides is 1. The molecule has 1 fully saturated rings. The summed E-state index contributed by atoms with van der Waals surface area (Å²) in [6, 6.07) is 24.1. The van der Waals surface area contributed by atoms with E-state index in [9.17, 15) is 18.0 Å². The van der Waals surface area contributed by atoms with Crippen LogP contribution < -0.4 is 9.62 Å². The molecule has 3 aromatic rings. The Morgan fingerprint density at radius 1 is 0.900 bits per heavy atom. The van der Waals surface area contributed by atoms with Crippen LogP contribution in [-0.4, -0.2) is 43.8 Å². The van der Waals surface area contributed by atoms with Gasteiger partial charge in [-0.2, -0.15) is 0 Å². The van der Waals surface area contributed by atoms with Crippen LogP contribution in [0.1, 0.15) is 56.6 Å².